The Morgan fingerprint density at radius 2 is 1.76 bits per heavy atom. The molecule has 0 saturated carbocycles. The van der Waals surface area contributed by atoms with Gasteiger partial charge in [-0.2, -0.15) is 0 Å². The van der Waals surface area contributed by atoms with Crippen LogP contribution < -0.4 is 5.32 Å². The van der Waals surface area contributed by atoms with Gasteiger partial charge in [-0.05, 0) is 43.1 Å². The predicted octanol–water partition coefficient (Wildman–Crippen LogP) is 3.57. The lowest BCUT2D eigenvalue weighted by atomic mass is 10.1. The van der Waals surface area contributed by atoms with E-state index in [1.807, 2.05) is 12.1 Å². The fourth-order valence-corrected chi connectivity index (χ4v) is 3.69. The van der Waals surface area contributed by atoms with Crippen LogP contribution in [0.3, 0.4) is 0 Å². The molecule has 7 heteroatoms. The van der Waals surface area contributed by atoms with Gasteiger partial charge in [0.15, 0.2) is 0 Å². The molecule has 0 aliphatic carbocycles. The van der Waals surface area contributed by atoms with Crippen LogP contribution in [-0.2, 0) is 13.1 Å². The summed E-state index contributed by atoms with van der Waals surface area (Å²) in [6.07, 6.45) is 3.90. The van der Waals surface area contributed by atoms with Gasteiger partial charge in [0, 0.05) is 19.2 Å². The molecule has 1 aromatic heterocycles. The third-order valence-electron chi connectivity index (χ3n) is 4.33. The number of nitrogens with one attached hydrogen (secondary N) is 1. The van der Waals surface area contributed by atoms with Crippen LogP contribution in [0.25, 0.3) is 0 Å². The Morgan fingerprint density at radius 1 is 1.08 bits per heavy atom. The van der Waals surface area contributed by atoms with Crippen LogP contribution in [0.1, 0.15) is 40.1 Å². The third kappa shape index (κ3) is 4.87. The van der Waals surface area contributed by atoms with Gasteiger partial charge < -0.3 is 5.32 Å². The first kappa shape index (κ1) is 17.6. The Labute approximate surface area is 150 Å². The average molecular weight is 359 g/mol. The summed E-state index contributed by atoms with van der Waals surface area (Å²) >= 11 is 0.889. The van der Waals surface area contributed by atoms with Gasteiger partial charge in [0.1, 0.15) is 0 Å². The maximum atomic E-state index is 12.1. The Kier molecular flexibility index (Phi) is 5.78. The van der Waals surface area contributed by atoms with E-state index in [1.54, 1.807) is 0 Å². The highest BCUT2D eigenvalue weighted by Gasteiger charge is 2.15. The zero-order valence-electron chi connectivity index (χ0n) is 13.9. The summed E-state index contributed by atoms with van der Waals surface area (Å²) in [5.41, 5.74) is 2.30. The normalized spacial score (nSPS) is 15.0. The predicted molar refractivity (Wildman–Crippen MR) is 97.7 cm³/mol. The molecule has 1 aliphatic rings. The largest absolute Gasteiger partial charge is 0.347 e. The Hall–Kier alpha value is -2.25. The highest BCUT2D eigenvalue weighted by molar-refractivity contribution is 7.17. The first-order valence-electron chi connectivity index (χ1n) is 8.44. The van der Waals surface area contributed by atoms with E-state index < -0.39 is 4.92 Å². The maximum absolute atomic E-state index is 12.1. The standard InChI is InChI=1S/C18H21N3O3S/c22-18(16-8-9-17(25-16)21(23)24)19-12-14-4-6-15(7-5-14)13-20-10-2-1-3-11-20/h4-9H,1-3,10-13H2,(H,19,22). The lowest BCUT2D eigenvalue weighted by Crippen LogP contribution is -2.29. The van der Waals surface area contributed by atoms with E-state index in [1.165, 1.54) is 50.0 Å². The molecule has 2 aromatic rings. The molecule has 1 fully saturated rings. The minimum atomic E-state index is -0.484. The Bertz CT molecular complexity index is 736. The van der Waals surface area contributed by atoms with Crippen LogP contribution >= 0.6 is 11.3 Å². The molecular formula is C18H21N3O3S. The van der Waals surface area contributed by atoms with Crippen molar-refractivity contribution in [2.45, 2.75) is 32.4 Å². The van der Waals surface area contributed by atoms with Crippen LogP contribution in [0.5, 0.6) is 0 Å². The first-order valence-corrected chi connectivity index (χ1v) is 9.26. The van der Waals surface area contributed by atoms with Crippen LogP contribution in [0, 0.1) is 10.1 Å². The summed E-state index contributed by atoms with van der Waals surface area (Å²) in [6, 6.07) is 11.1. The van der Waals surface area contributed by atoms with Gasteiger partial charge >= 0.3 is 5.00 Å². The van der Waals surface area contributed by atoms with E-state index in [0.29, 0.717) is 11.4 Å². The number of carbonyl (C=O) groups excluding carboxylic acids is 1. The summed E-state index contributed by atoms with van der Waals surface area (Å²) in [6.45, 7) is 3.73. The molecule has 0 unspecified atom stereocenters. The first-order chi connectivity index (χ1) is 12.1. The molecule has 3 rings (SSSR count). The second-order valence-corrected chi connectivity index (χ2v) is 7.29. The van der Waals surface area contributed by atoms with E-state index in [9.17, 15) is 14.9 Å². The van der Waals surface area contributed by atoms with Gasteiger partial charge in [0.2, 0.25) is 0 Å². The van der Waals surface area contributed by atoms with Gasteiger partial charge in [-0.1, -0.05) is 42.0 Å². The smallest absolute Gasteiger partial charge is 0.324 e. The number of carbonyl (C=O) groups is 1. The summed E-state index contributed by atoms with van der Waals surface area (Å²) in [4.78, 5) is 25.1. The topological polar surface area (TPSA) is 75.5 Å². The number of benzene rings is 1. The number of thiophene rings is 1. The van der Waals surface area contributed by atoms with Crippen molar-refractivity contribution in [3.63, 3.8) is 0 Å². The van der Waals surface area contributed by atoms with Gasteiger partial charge in [-0.15, -0.1) is 0 Å². The van der Waals surface area contributed by atoms with E-state index in [-0.39, 0.29) is 10.9 Å². The minimum absolute atomic E-state index is 0.0211. The summed E-state index contributed by atoms with van der Waals surface area (Å²) in [5, 5.41) is 13.5. The summed E-state index contributed by atoms with van der Waals surface area (Å²) in [7, 11) is 0. The molecular weight excluding hydrogens is 338 g/mol. The van der Waals surface area contributed by atoms with E-state index in [0.717, 1.165) is 23.4 Å². The Morgan fingerprint density at radius 3 is 2.40 bits per heavy atom. The second-order valence-electron chi connectivity index (χ2n) is 6.23. The van der Waals surface area contributed by atoms with Gasteiger partial charge in [0.25, 0.3) is 5.91 Å². The van der Waals surface area contributed by atoms with Gasteiger partial charge in [-0.3, -0.25) is 19.8 Å². The van der Waals surface area contributed by atoms with E-state index in [4.69, 9.17) is 0 Å². The number of likely N-dealkylation sites (tertiary alicyclic amines) is 1. The second kappa shape index (κ2) is 8.22. The van der Waals surface area contributed by atoms with Crippen molar-refractivity contribution in [1.82, 2.24) is 10.2 Å². The van der Waals surface area contributed by atoms with Crippen molar-refractivity contribution < 1.29 is 9.72 Å². The highest BCUT2D eigenvalue weighted by Crippen LogP contribution is 2.23. The molecule has 1 N–H and O–H groups in total. The Balaban J connectivity index is 1.50. The van der Waals surface area contributed by atoms with E-state index in [2.05, 4.69) is 22.3 Å². The van der Waals surface area contributed by atoms with Crippen LogP contribution in [0.4, 0.5) is 5.00 Å². The molecule has 6 nitrogen and oxygen atoms in total. The number of nitro groups is 1. The fourth-order valence-electron chi connectivity index (χ4n) is 2.96. The molecule has 0 atom stereocenters. The number of hydrogen-bond acceptors (Lipinski definition) is 5. The fraction of sp³-hybridized carbons (Fsp3) is 0.389. The zero-order chi connectivity index (χ0) is 17.6. The minimum Gasteiger partial charge on any atom is -0.347 e. The summed E-state index contributed by atoms with van der Waals surface area (Å²) in [5.74, 6) is -0.282. The van der Waals surface area contributed by atoms with Crippen molar-refractivity contribution in [3.05, 3.63) is 62.5 Å². The molecule has 1 amide bonds. The van der Waals surface area contributed by atoms with Crippen molar-refractivity contribution in [1.29, 1.82) is 0 Å². The van der Waals surface area contributed by atoms with Gasteiger partial charge in [-0.25, -0.2) is 0 Å². The van der Waals surface area contributed by atoms with Gasteiger partial charge in [0.05, 0.1) is 9.80 Å². The van der Waals surface area contributed by atoms with Crippen molar-refractivity contribution in [2.75, 3.05) is 13.1 Å². The quantitative estimate of drug-likeness (QED) is 0.632. The molecule has 0 bridgehead atoms. The molecule has 132 valence electrons. The summed E-state index contributed by atoms with van der Waals surface area (Å²) < 4.78 is 0. The third-order valence-corrected chi connectivity index (χ3v) is 5.36. The number of piperidine rings is 1. The molecule has 1 aromatic carbocycles. The molecule has 25 heavy (non-hydrogen) atoms. The van der Waals surface area contributed by atoms with E-state index >= 15 is 0 Å². The molecule has 0 spiro atoms. The average Bonchev–Trinajstić information content (AvgIpc) is 3.12. The lowest BCUT2D eigenvalue weighted by molar-refractivity contribution is -0.380. The molecule has 1 aliphatic heterocycles. The molecule has 1 saturated heterocycles. The van der Waals surface area contributed by atoms with Crippen LogP contribution in [0.15, 0.2) is 36.4 Å². The number of rotatable bonds is 6. The van der Waals surface area contributed by atoms with Crippen molar-refractivity contribution >= 4 is 22.2 Å². The van der Waals surface area contributed by atoms with Crippen molar-refractivity contribution in [3.8, 4) is 0 Å². The van der Waals surface area contributed by atoms with Crippen LogP contribution in [0.2, 0.25) is 0 Å². The highest BCUT2D eigenvalue weighted by atomic mass is 32.1. The monoisotopic (exact) mass is 359 g/mol. The number of nitrogens with zero attached hydrogens (tertiary/aromatic N) is 2. The van der Waals surface area contributed by atoms with Crippen LogP contribution in [-0.4, -0.2) is 28.8 Å². The lowest BCUT2D eigenvalue weighted by Gasteiger charge is -2.26. The number of hydrogen-bond donors (Lipinski definition) is 1. The van der Waals surface area contributed by atoms with Crippen molar-refractivity contribution in [2.24, 2.45) is 0 Å². The maximum Gasteiger partial charge on any atom is 0.324 e. The number of amides is 1. The molecule has 0 radical (unpaired) electrons. The SMILES string of the molecule is O=C(NCc1ccc(CN2CCCCC2)cc1)c1ccc([N+](=O)[O-])s1. The zero-order valence-corrected chi connectivity index (χ0v) is 14.8. The molecule has 2 heterocycles.